The summed E-state index contributed by atoms with van der Waals surface area (Å²) in [5.74, 6) is -3.00. The van der Waals surface area contributed by atoms with E-state index in [9.17, 15) is 18.0 Å². The number of alkyl halides is 2. The second-order valence-corrected chi connectivity index (χ2v) is 5.31. The lowest BCUT2D eigenvalue weighted by Gasteiger charge is -2.11. The van der Waals surface area contributed by atoms with E-state index in [2.05, 4.69) is 10.6 Å². The van der Waals surface area contributed by atoms with Crippen LogP contribution in [0.15, 0.2) is 53.4 Å². The lowest BCUT2D eigenvalue weighted by Crippen LogP contribution is -2.28. The number of nitrogens with one attached hydrogen (secondary N) is 2. The lowest BCUT2D eigenvalue weighted by molar-refractivity contribution is 0.250. The van der Waals surface area contributed by atoms with Gasteiger partial charge in [-0.2, -0.15) is 8.78 Å². The van der Waals surface area contributed by atoms with Crippen molar-refractivity contribution in [2.45, 2.75) is 17.2 Å². The number of hydrogen-bond acceptors (Lipinski definition) is 2. The molecule has 116 valence electrons. The highest BCUT2D eigenvalue weighted by molar-refractivity contribution is 7.99. The van der Waals surface area contributed by atoms with E-state index in [0.29, 0.717) is 17.3 Å². The average Bonchev–Trinajstić information content (AvgIpc) is 2.48. The highest BCUT2D eigenvalue weighted by atomic mass is 32.2. The molecule has 7 heteroatoms. The number of carbonyl (C=O) groups is 1. The third-order valence-corrected chi connectivity index (χ3v) is 3.54. The van der Waals surface area contributed by atoms with Gasteiger partial charge in [-0.3, -0.25) is 0 Å². The monoisotopic (exact) mass is 326 g/mol. The SMILES string of the molecule is O=C(NCc1ccccc1F)Nc1ccccc1SC(F)F. The fourth-order valence-electron chi connectivity index (χ4n) is 1.75. The minimum Gasteiger partial charge on any atom is -0.334 e. The summed E-state index contributed by atoms with van der Waals surface area (Å²) in [6, 6.07) is 11.7. The zero-order valence-corrected chi connectivity index (χ0v) is 12.2. The second kappa shape index (κ2) is 7.74. The number of benzene rings is 2. The third-order valence-electron chi connectivity index (χ3n) is 2.75. The molecule has 0 spiro atoms. The molecular formula is C15H13F3N2OS. The van der Waals surface area contributed by atoms with E-state index in [1.165, 1.54) is 18.2 Å². The van der Waals surface area contributed by atoms with Crippen LogP contribution in [0.2, 0.25) is 0 Å². The number of carbonyl (C=O) groups excluding carboxylic acids is 1. The number of para-hydroxylation sites is 1. The summed E-state index contributed by atoms with van der Waals surface area (Å²) < 4.78 is 38.3. The van der Waals surface area contributed by atoms with E-state index in [-0.39, 0.29) is 17.1 Å². The first-order chi connectivity index (χ1) is 10.6. The van der Waals surface area contributed by atoms with E-state index in [4.69, 9.17) is 0 Å². The van der Waals surface area contributed by atoms with Crippen molar-refractivity contribution in [3.8, 4) is 0 Å². The third kappa shape index (κ3) is 4.70. The van der Waals surface area contributed by atoms with Crippen LogP contribution in [0.25, 0.3) is 0 Å². The van der Waals surface area contributed by atoms with E-state index < -0.39 is 17.6 Å². The van der Waals surface area contributed by atoms with Crippen LogP contribution < -0.4 is 10.6 Å². The Hall–Kier alpha value is -2.15. The standard InChI is InChI=1S/C15H13F3N2OS/c16-11-6-2-1-5-10(11)9-19-15(21)20-12-7-3-4-8-13(12)22-14(17)18/h1-8,14H,9H2,(H2,19,20,21). The zero-order chi connectivity index (χ0) is 15.9. The van der Waals surface area contributed by atoms with Gasteiger partial charge in [0.1, 0.15) is 5.82 Å². The van der Waals surface area contributed by atoms with Crippen molar-refractivity contribution in [1.82, 2.24) is 5.32 Å². The van der Waals surface area contributed by atoms with Gasteiger partial charge in [-0.1, -0.05) is 42.1 Å². The van der Waals surface area contributed by atoms with Crippen LogP contribution >= 0.6 is 11.8 Å². The molecule has 0 saturated carbocycles. The Balaban J connectivity index is 1.96. The molecule has 3 nitrogen and oxygen atoms in total. The van der Waals surface area contributed by atoms with E-state index in [0.717, 1.165) is 0 Å². The summed E-state index contributed by atoms with van der Waals surface area (Å²) in [6.45, 7) is 0.00264. The summed E-state index contributed by atoms with van der Waals surface area (Å²) in [7, 11) is 0. The highest BCUT2D eigenvalue weighted by Crippen LogP contribution is 2.31. The number of thioether (sulfide) groups is 1. The maximum Gasteiger partial charge on any atom is 0.319 e. The number of halogens is 3. The van der Waals surface area contributed by atoms with Crippen molar-refractivity contribution in [1.29, 1.82) is 0 Å². The zero-order valence-electron chi connectivity index (χ0n) is 11.4. The molecule has 2 amide bonds. The molecule has 2 aromatic rings. The number of rotatable bonds is 5. The molecule has 2 N–H and O–H groups in total. The molecule has 0 bridgehead atoms. The molecule has 0 aliphatic heterocycles. The van der Waals surface area contributed by atoms with Crippen molar-refractivity contribution in [3.63, 3.8) is 0 Å². The second-order valence-electron chi connectivity index (χ2n) is 4.27. The molecule has 0 unspecified atom stereocenters. The average molecular weight is 326 g/mol. The minimum atomic E-state index is -2.58. The molecule has 0 fully saturated rings. The van der Waals surface area contributed by atoms with E-state index >= 15 is 0 Å². The predicted octanol–water partition coefficient (Wildman–Crippen LogP) is 4.46. The van der Waals surface area contributed by atoms with Crippen LogP contribution in [0, 0.1) is 5.82 Å². The summed E-state index contributed by atoms with van der Waals surface area (Å²) in [5.41, 5.74) is 0.617. The first-order valence-corrected chi connectivity index (χ1v) is 7.26. The van der Waals surface area contributed by atoms with Gasteiger partial charge in [0.05, 0.1) is 5.69 Å². The van der Waals surface area contributed by atoms with Crippen molar-refractivity contribution in [2.75, 3.05) is 5.32 Å². The van der Waals surface area contributed by atoms with Gasteiger partial charge < -0.3 is 10.6 Å². The van der Waals surface area contributed by atoms with Crippen LogP contribution in [0.5, 0.6) is 0 Å². The largest absolute Gasteiger partial charge is 0.334 e. The van der Waals surface area contributed by atoms with Crippen LogP contribution in [0.1, 0.15) is 5.56 Å². The maximum atomic E-state index is 13.4. The van der Waals surface area contributed by atoms with Gasteiger partial charge in [0.2, 0.25) is 0 Å². The molecule has 0 heterocycles. The van der Waals surface area contributed by atoms with Crippen LogP contribution in [-0.4, -0.2) is 11.8 Å². The molecule has 0 radical (unpaired) electrons. The highest BCUT2D eigenvalue weighted by Gasteiger charge is 2.11. The maximum absolute atomic E-state index is 13.4. The van der Waals surface area contributed by atoms with Crippen LogP contribution in [-0.2, 0) is 6.54 Å². The normalized spacial score (nSPS) is 10.5. The number of urea groups is 1. The van der Waals surface area contributed by atoms with Crippen LogP contribution in [0.4, 0.5) is 23.7 Å². The molecule has 2 aromatic carbocycles. The summed E-state index contributed by atoms with van der Waals surface area (Å²) in [4.78, 5) is 12.1. The van der Waals surface area contributed by atoms with Gasteiger partial charge in [-0.25, -0.2) is 9.18 Å². The van der Waals surface area contributed by atoms with Gasteiger partial charge in [-0.05, 0) is 18.2 Å². The first-order valence-electron chi connectivity index (χ1n) is 6.38. The fourth-order valence-corrected chi connectivity index (χ4v) is 2.35. The van der Waals surface area contributed by atoms with Gasteiger partial charge in [-0.15, -0.1) is 0 Å². The van der Waals surface area contributed by atoms with Gasteiger partial charge >= 0.3 is 6.03 Å². The number of amides is 2. The Morgan fingerprint density at radius 2 is 1.77 bits per heavy atom. The quantitative estimate of drug-likeness (QED) is 0.796. The summed E-state index contributed by atoms with van der Waals surface area (Å²) in [5, 5.41) is 4.96. The van der Waals surface area contributed by atoms with Crippen molar-refractivity contribution in [2.24, 2.45) is 0 Å². The Bertz CT molecular complexity index is 652. The van der Waals surface area contributed by atoms with E-state index in [1.54, 1.807) is 30.3 Å². The van der Waals surface area contributed by atoms with E-state index in [1.807, 2.05) is 0 Å². The van der Waals surface area contributed by atoms with Gasteiger partial charge in [0, 0.05) is 17.0 Å². The Morgan fingerprint density at radius 3 is 2.50 bits per heavy atom. The minimum absolute atomic E-state index is 0.00264. The Labute approximate surface area is 129 Å². The molecule has 0 aliphatic carbocycles. The first kappa shape index (κ1) is 16.2. The molecule has 0 aromatic heterocycles. The molecule has 22 heavy (non-hydrogen) atoms. The number of anilines is 1. The lowest BCUT2D eigenvalue weighted by atomic mass is 10.2. The molecular weight excluding hydrogens is 313 g/mol. The van der Waals surface area contributed by atoms with Crippen molar-refractivity contribution in [3.05, 3.63) is 59.9 Å². The number of hydrogen-bond donors (Lipinski definition) is 2. The van der Waals surface area contributed by atoms with Crippen molar-refractivity contribution >= 4 is 23.5 Å². The topological polar surface area (TPSA) is 41.1 Å². The van der Waals surface area contributed by atoms with Crippen molar-refractivity contribution < 1.29 is 18.0 Å². The predicted molar refractivity (Wildman–Crippen MR) is 80.6 cm³/mol. The van der Waals surface area contributed by atoms with Crippen LogP contribution in [0.3, 0.4) is 0 Å². The smallest absolute Gasteiger partial charge is 0.319 e. The summed E-state index contributed by atoms with van der Waals surface area (Å²) >= 11 is 0.348. The molecule has 0 aliphatic rings. The molecule has 0 atom stereocenters. The molecule has 2 rings (SSSR count). The summed E-state index contributed by atoms with van der Waals surface area (Å²) in [6.07, 6.45) is 0. The molecule has 0 saturated heterocycles. The Kier molecular flexibility index (Phi) is 5.71. The van der Waals surface area contributed by atoms with Gasteiger partial charge in [0.15, 0.2) is 0 Å². The Morgan fingerprint density at radius 1 is 1.09 bits per heavy atom. The fraction of sp³-hybridized carbons (Fsp3) is 0.133. The van der Waals surface area contributed by atoms with Gasteiger partial charge in [0.25, 0.3) is 5.76 Å².